The smallest absolute Gasteiger partial charge is 0.397 e. The average Bonchev–Trinajstić information content (AvgIpc) is 3.61. The van der Waals surface area contributed by atoms with E-state index in [2.05, 4.69) is 27.5 Å². The lowest BCUT2D eigenvalue weighted by atomic mass is 9.95. The molecular formula is C34H44ClF3N8O3S. The molecule has 2 aromatic rings. The number of anilines is 2. The van der Waals surface area contributed by atoms with Gasteiger partial charge >= 0.3 is 18.2 Å². The van der Waals surface area contributed by atoms with Crippen LogP contribution < -0.4 is 16.4 Å². The van der Waals surface area contributed by atoms with Crippen molar-refractivity contribution in [2.75, 3.05) is 57.4 Å². The Bertz CT molecular complexity index is 1600. The summed E-state index contributed by atoms with van der Waals surface area (Å²) >= 11 is 7.73. The van der Waals surface area contributed by atoms with Crippen molar-refractivity contribution in [3.63, 3.8) is 0 Å². The van der Waals surface area contributed by atoms with E-state index < -0.39 is 29.5 Å². The zero-order chi connectivity index (χ0) is 35.3. The van der Waals surface area contributed by atoms with Gasteiger partial charge < -0.3 is 36.0 Å². The third-order valence-corrected chi connectivity index (χ3v) is 12.7. The van der Waals surface area contributed by atoms with E-state index in [4.69, 9.17) is 17.3 Å². The number of nitrogen functional groups attached to an aromatic ring is 1. The van der Waals surface area contributed by atoms with Crippen LogP contribution in [-0.4, -0.2) is 119 Å². The highest BCUT2D eigenvalue weighted by atomic mass is 35.5. The minimum Gasteiger partial charge on any atom is -0.397 e. The van der Waals surface area contributed by atoms with E-state index in [-0.39, 0.29) is 35.0 Å². The number of thiophene rings is 1. The van der Waals surface area contributed by atoms with E-state index >= 15 is 0 Å². The van der Waals surface area contributed by atoms with Crippen LogP contribution in [0.25, 0.3) is 0 Å². The molecule has 16 heteroatoms. The number of hydrogen-bond acceptors (Lipinski definition) is 7. The Hall–Kier alpha value is -3.27. The Morgan fingerprint density at radius 3 is 2.34 bits per heavy atom. The van der Waals surface area contributed by atoms with Gasteiger partial charge in [0.15, 0.2) is 0 Å². The number of likely N-dealkylation sites (tertiary alicyclic amines) is 1. The second kappa shape index (κ2) is 14.0. The summed E-state index contributed by atoms with van der Waals surface area (Å²) < 4.78 is 41.5. The van der Waals surface area contributed by atoms with Crippen molar-refractivity contribution >= 4 is 52.3 Å². The summed E-state index contributed by atoms with van der Waals surface area (Å²) in [5.41, 5.74) is 5.02. The van der Waals surface area contributed by atoms with Crippen LogP contribution in [0.15, 0.2) is 23.6 Å². The number of amides is 5. The van der Waals surface area contributed by atoms with Crippen molar-refractivity contribution < 1.29 is 27.6 Å². The van der Waals surface area contributed by atoms with Crippen LogP contribution in [0.4, 0.5) is 34.1 Å². The van der Waals surface area contributed by atoms with E-state index in [1.54, 1.807) is 26.0 Å². The fourth-order valence-corrected chi connectivity index (χ4v) is 9.64. The molecule has 4 saturated heterocycles. The molecule has 0 spiro atoms. The molecule has 272 valence electrons. The van der Waals surface area contributed by atoms with Gasteiger partial charge in [-0.05, 0) is 74.7 Å². The fourth-order valence-electron chi connectivity index (χ4n) is 8.57. The van der Waals surface area contributed by atoms with Crippen molar-refractivity contribution in [2.24, 2.45) is 0 Å². The second-order valence-electron chi connectivity index (χ2n) is 14.3. The highest BCUT2D eigenvalue weighted by Crippen LogP contribution is 2.39. The summed E-state index contributed by atoms with van der Waals surface area (Å²) in [5.74, 6) is -0.338. The monoisotopic (exact) mass is 736 g/mol. The van der Waals surface area contributed by atoms with Gasteiger partial charge in [-0.2, -0.15) is 13.2 Å². The van der Waals surface area contributed by atoms with Crippen LogP contribution in [0.2, 0.25) is 5.02 Å². The first kappa shape index (κ1) is 35.1. The summed E-state index contributed by atoms with van der Waals surface area (Å²) in [6.45, 7) is 3.59. The molecule has 0 aliphatic carbocycles. The molecule has 5 aliphatic heterocycles. The largest absolute Gasteiger partial charge is 0.418 e. The van der Waals surface area contributed by atoms with Crippen LogP contribution in [0.3, 0.4) is 0 Å². The van der Waals surface area contributed by atoms with Crippen molar-refractivity contribution in [1.82, 2.24) is 29.8 Å². The maximum Gasteiger partial charge on any atom is 0.418 e. The summed E-state index contributed by atoms with van der Waals surface area (Å²) in [6.07, 6.45) is 0.887. The summed E-state index contributed by atoms with van der Waals surface area (Å²) in [6, 6.07) is 4.01. The Balaban J connectivity index is 1.02. The third-order valence-electron chi connectivity index (χ3n) is 11.5. The van der Waals surface area contributed by atoms with Crippen molar-refractivity contribution in [3.8, 4) is 0 Å². The number of alkyl halides is 3. The number of nitrogens with one attached hydrogen (secondary N) is 2. The van der Waals surface area contributed by atoms with Gasteiger partial charge in [0.05, 0.1) is 28.5 Å². The van der Waals surface area contributed by atoms with Gasteiger partial charge in [-0.1, -0.05) is 11.6 Å². The van der Waals surface area contributed by atoms with E-state index in [1.165, 1.54) is 18.9 Å². The van der Waals surface area contributed by atoms with Crippen LogP contribution in [-0.2, 0) is 23.9 Å². The van der Waals surface area contributed by atoms with Crippen LogP contribution in [0.5, 0.6) is 0 Å². The molecule has 1 aromatic carbocycles. The van der Waals surface area contributed by atoms with E-state index in [0.29, 0.717) is 76.8 Å². The lowest BCUT2D eigenvalue weighted by Gasteiger charge is -2.45. The SMILES string of the molecule is CN1C2CCC1CC(N1CCN(C(=O)[C@@H](Cc3cc(Cl)c(N)c(C(F)(F)F)c3)NC(=O)N3CCC(N4Cc5sccc5NC4=O)CC3)CC1)C2. The maximum absolute atomic E-state index is 14.1. The number of halogens is 4. The molecule has 1 aromatic heterocycles. The van der Waals surface area contributed by atoms with Crippen LogP contribution >= 0.6 is 22.9 Å². The molecule has 7 rings (SSSR count). The molecule has 2 unspecified atom stereocenters. The predicted octanol–water partition coefficient (Wildman–Crippen LogP) is 4.90. The Labute approximate surface area is 298 Å². The number of piperazine rings is 1. The van der Waals surface area contributed by atoms with E-state index in [9.17, 15) is 27.6 Å². The lowest BCUT2D eigenvalue weighted by Crippen LogP contribution is -2.60. The molecule has 2 bridgehead atoms. The highest BCUT2D eigenvalue weighted by molar-refractivity contribution is 7.10. The quantitative estimate of drug-likeness (QED) is 0.364. The molecular weight excluding hydrogens is 693 g/mol. The topological polar surface area (TPSA) is 117 Å². The Morgan fingerprint density at radius 1 is 1.00 bits per heavy atom. The van der Waals surface area contributed by atoms with Gasteiger partial charge in [0, 0.05) is 74.7 Å². The van der Waals surface area contributed by atoms with Crippen molar-refractivity contribution in [1.29, 1.82) is 0 Å². The normalized spacial score (nSPS) is 25.7. The van der Waals surface area contributed by atoms with Gasteiger partial charge in [-0.15, -0.1) is 11.3 Å². The first-order valence-electron chi connectivity index (χ1n) is 17.4. The molecule has 0 radical (unpaired) electrons. The number of hydrogen-bond donors (Lipinski definition) is 3. The molecule has 5 aliphatic rings. The summed E-state index contributed by atoms with van der Waals surface area (Å²) in [5, 5.41) is 7.49. The predicted molar refractivity (Wildman–Crippen MR) is 186 cm³/mol. The number of benzene rings is 1. The molecule has 4 fully saturated rings. The van der Waals surface area contributed by atoms with Gasteiger partial charge in [0.25, 0.3) is 0 Å². The lowest BCUT2D eigenvalue weighted by molar-refractivity contribution is -0.137. The number of nitrogens with two attached hydrogens (primary N) is 1. The number of piperidine rings is 2. The number of nitrogens with zero attached hydrogens (tertiary/aromatic N) is 5. The molecule has 6 heterocycles. The van der Waals surface area contributed by atoms with Gasteiger partial charge in [-0.3, -0.25) is 9.69 Å². The first-order chi connectivity index (χ1) is 23.9. The van der Waals surface area contributed by atoms with E-state index in [0.717, 1.165) is 29.5 Å². The number of carbonyl (C=O) groups is 3. The number of carbonyl (C=O) groups excluding carboxylic acids is 3. The highest BCUT2D eigenvalue weighted by Gasteiger charge is 2.42. The molecule has 0 saturated carbocycles. The minimum atomic E-state index is -4.74. The standard InChI is InChI=1S/C34H44ClF3N8O3S/c1-42-22-2-3-23(42)18-24(17-22)43-9-11-44(12-10-43)31(47)28(16-20-14-25(34(36,37)38)30(39)26(35)15-20)41-32(48)45-7-4-21(5-8-45)46-19-29-27(6-13-50-29)40-33(46)49/h6,13-15,21-24,28H,2-5,7-12,16-19,39H2,1H3,(H,40,49)(H,41,48)/t22?,23?,24?,28-/m1/s1. The molecule has 11 nitrogen and oxygen atoms in total. The fraction of sp³-hybridized carbons (Fsp3) is 0.618. The zero-order valence-electron chi connectivity index (χ0n) is 28.1. The zero-order valence-corrected chi connectivity index (χ0v) is 29.6. The van der Waals surface area contributed by atoms with Gasteiger partial charge in [0.2, 0.25) is 5.91 Å². The first-order valence-corrected chi connectivity index (χ1v) is 18.7. The summed E-state index contributed by atoms with van der Waals surface area (Å²) in [4.78, 5) is 51.8. The molecule has 4 N–H and O–H groups in total. The number of rotatable bonds is 6. The van der Waals surface area contributed by atoms with Crippen molar-refractivity contribution in [2.45, 2.75) is 87.9 Å². The molecule has 50 heavy (non-hydrogen) atoms. The Kier molecular flexibility index (Phi) is 9.87. The minimum absolute atomic E-state index is 0.0551. The van der Waals surface area contributed by atoms with Gasteiger partial charge in [0.1, 0.15) is 6.04 Å². The molecule has 5 amide bonds. The summed E-state index contributed by atoms with van der Waals surface area (Å²) in [7, 11) is 2.21. The van der Waals surface area contributed by atoms with E-state index in [1.807, 2.05) is 11.4 Å². The maximum atomic E-state index is 14.1. The number of fused-ring (bicyclic) bond motifs is 3. The molecule has 3 atom stereocenters. The number of urea groups is 2. The second-order valence-corrected chi connectivity index (χ2v) is 15.7. The van der Waals surface area contributed by atoms with Gasteiger partial charge in [-0.25, -0.2) is 9.59 Å². The third kappa shape index (κ3) is 7.10. The van der Waals surface area contributed by atoms with Crippen molar-refractivity contribution in [3.05, 3.63) is 44.6 Å². The average molecular weight is 737 g/mol. The van der Waals surface area contributed by atoms with Crippen LogP contribution in [0, 0.1) is 0 Å². The Morgan fingerprint density at radius 2 is 1.68 bits per heavy atom. The van der Waals surface area contributed by atoms with Crippen LogP contribution in [0.1, 0.15) is 54.5 Å².